The number of nitrogens with one attached hydrogen (secondary N) is 5. The molecule has 5 amide bonds. The highest BCUT2D eigenvalue weighted by molar-refractivity contribution is 5.95. The zero-order valence-corrected chi connectivity index (χ0v) is 29.7. The molecule has 1 aliphatic rings. The fraction of sp³-hybridized carbons (Fsp3) is 0.667. The lowest BCUT2D eigenvalue weighted by atomic mass is 9.94. The van der Waals surface area contributed by atoms with Crippen molar-refractivity contribution in [2.24, 2.45) is 17.8 Å². The van der Waals surface area contributed by atoms with Crippen LogP contribution < -0.4 is 26.6 Å². The molecule has 12 heteroatoms. The second kappa shape index (κ2) is 20.4. The van der Waals surface area contributed by atoms with Crippen LogP contribution in [0, 0.1) is 17.8 Å². The van der Waals surface area contributed by atoms with Gasteiger partial charge in [0, 0.05) is 6.42 Å². The Morgan fingerprint density at radius 2 is 1.44 bits per heavy atom. The number of unbranched alkanes of at least 4 members (excludes halogenated alkanes) is 3. The average molecular weight is 672 g/mol. The van der Waals surface area contributed by atoms with Gasteiger partial charge in [-0.3, -0.25) is 24.0 Å². The fourth-order valence-electron chi connectivity index (χ4n) is 5.55. The summed E-state index contributed by atoms with van der Waals surface area (Å²) in [6.45, 7) is 12.5. The minimum Gasteiger partial charge on any atom is -0.460 e. The molecule has 0 radical (unpaired) electrons. The average Bonchev–Trinajstić information content (AvgIpc) is 3.03. The predicted molar refractivity (Wildman–Crippen MR) is 183 cm³/mol. The molecular weight excluding hydrogens is 614 g/mol. The molecule has 0 saturated carbocycles. The van der Waals surface area contributed by atoms with E-state index in [2.05, 4.69) is 33.5 Å². The normalized spacial score (nSPS) is 24.6. The van der Waals surface area contributed by atoms with Crippen molar-refractivity contribution in [3.63, 3.8) is 0 Å². The first kappa shape index (κ1) is 40.2. The third-order valence-corrected chi connectivity index (χ3v) is 8.49. The highest BCUT2D eigenvalue weighted by Crippen LogP contribution is 2.21. The minimum absolute atomic E-state index is 0.0149. The van der Waals surface area contributed by atoms with Gasteiger partial charge in [0.15, 0.2) is 0 Å². The number of hydrogen-bond acceptors (Lipinski definition) is 7. The predicted octanol–water partition coefficient (Wildman–Crippen LogP) is 2.93. The zero-order chi connectivity index (χ0) is 35.8. The van der Waals surface area contributed by atoms with Gasteiger partial charge in [-0.25, -0.2) is 4.79 Å². The first-order chi connectivity index (χ1) is 22.7. The van der Waals surface area contributed by atoms with Gasteiger partial charge in [0.25, 0.3) is 0 Å². The van der Waals surface area contributed by atoms with Crippen LogP contribution in [-0.2, 0) is 39.9 Å². The van der Waals surface area contributed by atoms with Crippen LogP contribution in [0.1, 0.15) is 99.0 Å². The van der Waals surface area contributed by atoms with E-state index >= 15 is 0 Å². The Labute approximate surface area is 285 Å². The molecule has 1 aromatic carbocycles. The highest BCUT2D eigenvalue weighted by Gasteiger charge is 2.34. The molecule has 268 valence electrons. The summed E-state index contributed by atoms with van der Waals surface area (Å²) in [5, 5.41) is 13.4. The number of esters is 1. The van der Waals surface area contributed by atoms with Gasteiger partial charge in [-0.05, 0) is 43.1 Å². The van der Waals surface area contributed by atoms with E-state index in [9.17, 15) is 28.8 Å². The fourth-order valence-corrected chi connectivity index (χ4v) is 5.55. The van der Waals surface area contributed by atoms with E-state index in [1.807, 2.05) is 51.1 Å². The third-order valence-electron chi connectivity index (χ3n) is 8.49. The van der Waals surface area contributed by atoms with Crippen molar-refractivity contribution in [2.75, 3.05) is 6.54 Å². The molecule has 0 spiro atoms. The quantitative estimate of drug-likeness (QED) is 0.178. The second-order valence-electron chi connectivity index (χ2n) is 13.7. The first-order valence-corrected chi connectivity index (χ1v) is 17.4. The lowest BCUT2D eigenvalue weighted by molar-refractivity contribution is -0.157. The van der Waals surface area contributed by atoms with Crippen LogP contribution in [0.4, 0.5) is 0 Å². The highest BCUT2D eigenvalue weighted by atomic mass is 16.5. The number of rotatable bonds is 11. The van der Waals surface area contributed by atoms with Crippen molar-refractivity contribution in [3.05, 3.63) is 35.9 Å². The van der Waals surface area contributed by atoms with Crippen molar-refractivity contribution in [1.29, 1.82) is 0 Å². The Bertz CT molecular complexity index is 1220. The maximum atomic E-state index is 13.8. The van der Waals surface area contributed by atoms with Gasteiger partial charge in [-0.2, -0.15) is 0 Å². The van der Waals surface area contributed by atoms with Gasteiger partial charge in [0.1, 0.15) is 30.3 Å². The third kappa shape index (κ3) is 14.0. The van der Waals surface area contributed by atoms with E-state index in [0.717, 1.165) is 31.2 Å². The summed E-state index contributed by atoms with van der Waals surface area (Å²) in [7, 11) is 0. The molecule has 1 saturated heterocycles. The molecule has 12 nitrogen and oxygen atoms in total. The molecule has 1 heterocycles. The first-order valence-electron chi connectivity index (χ1n) is 17.4. The van der Waals surface area contributed by atoms with Crippen LogP contribution in [0.15, 0.2) is 30.3 Å². The summed E-state index contributed by atoms with van der Waals surface area (Å²) < 4.78 is 5.99. The maximum absolute atomic E-state index is 13.8. The van der Waals surface area contributed by atoms with Crippen LogP contribution in [0.5, 0.6) is 0 Å². The summed E-state index contributed by atoms with van der Waals surface area (Å²) >= 11 is 0. The van der Waals surface area contributed by atoms with Crippen LogP contribution >= 0.6 is 0 Å². The molecule has 5 N–H and O–H groups in total. The number of hydrogen-bond donors (Lipinski definition) is 5. The molecule has 0 bridgehead atoms. The van der Waals surface area contributed by atoms with Crippen molar-refractivity contribution in [1.82, 2.24) is 26.6 Å². The molecule has 6 atom stereocenters. The Hall–Kier alpha value is -3.96. The molecule has 1 aromatic rings. The molecule has 2 rings (SSSR count). The van der Waals surface area contributed by atoms with Gasteiger partial charge >= 0.3 is 5.97 Å². The number of amides is 5. The SMILES string of the molecule is CCCCCC[C@H](C)[C@@H]1CC(=O)NCC(=O)NC(C(C)C)C(=O)N[C@@H](CC(C)C)C(=O)N[C@@H](C)C(=O)NC(Cc2ccccc2)C(=O)O1. The largest absolute Gasteiger partial charge is 0.460 e. The number of carbonyl (C=O) groups is 6. The maximum Gasteiger partial charge on any atom is 0.329 e. The van der Waals surface area contributed by atoms with E-state index < -0.39 is 65.8 Å². The molecule has 48 heavy (non-hydrogen) atoms. The Morgan fingerprint density at radius 3 is 2.06 bits per heavy atom. The van der Waals surface area contributed by atoms with Crippen molar-refractivity contribution >= 4 is 35.5 Å². The molecule has 2 unspecified atom stereocenters. The van der Waals surface area contributed by atoms with Gasteiger partial charge in [0.05, 0.1) is 13.0 Å². The number of benzene rings is 1. The Morgan fingerprint density at radius 1 is 0.771 bits per heavy atom. The molecule has 1 fully saturated rings. The molecule has 1 aliphatic heterocycles. The van der Waals surface area contributed by atoms with Crippen LogP contribution in [0.2, 0.25) is 0 Å². The van der Waals surface area contributed by atoms with Gasteiger partial charge < -0.3 is 31.3 Å². The minimum atomic E-state index is -1.11. The summed E-state index contributed by atoms with van der Waals surface area (Å²) in [6, 6.07) is 5.01. The van der Waals surface area contributed by atoms with E-state index in [0.29, 0.717) is 6.42 Å². The summed E-state index contributed by atoms with van der Waals surface area (Å²) in [5.74, 6) is -4.00. The standard InChI is InChI=1S/C36H57N5O7/c1-8-9-10-12-15-24(6)29-20-30(42)37-21-31(43)41-32(23(4)5)35(46)39-27(18-22(2)3)34(45)38-25(7)33(44)40-28(36(47)48-29)19-26-16-13-11-14-17-26/h11,13-14,16-17,22-25,27-29,32H,8-10,12,15,18-21H2,1-7H3,(H,37,42)(H,38,45)(H,39,46)(H,40,44)(H,41,43)/t24-,25-,27-,28?,29-,32?/m0/s1. The summed E-state index contributed by atoms with van der Waals surface area (Å²) in [4.78, 5) is 80.0. The Kier molecular flexibility index (Phi) is 17.1. The van der Waals surface area contributed by atoms with Gasteiger partial charge in [-0.1, -0.05) is 97.6 Å². The van der Waals surface area contributed by atoms with Crippen LogP contribution in [-0.4, -0.2) is 72.3 Å². The monoisotopic (exact) mass is 671 g/mol. The van der Waals surface area contributed by atoms with Crippen molar-refractivity contribution < 1.29 is 33.5 Å². The topological polar surface area (TPSA) is 172 Å². The summed E-state index contributed by atoms with van der Waals surface area (Å²) in [5.41, 5.74) is 0.780. The second-order valence-corrected chi connectivity index (χ2v) is 13.7. The van der Waals surface area contributed by atoms with E-state index in [1.54, 1.807) is 13.8 Å². The van der Waals surface area contributed by atoms with Gasteiger partial charge in [-0.15, -0.1) is 0 Å². The van der Waals surface area contributed by atoms with Crippen molar-refractivity contribution in [3.8, 4) is 0 Å². The number of carbonyl (C=O) groups excluding carboxylic acids is 6. The van der Waals surface area contributed by atoms with E-state index in [-0.39, 0.29) is 43.6 Å². The van der Waals surface area contributed by atoms with Crippen LogP contribution in [0.25, 0.3) is 0 Å². The van der Waals surface area contributed by atoms with E-state index in [4.69, 9.17) is 4.74 Å². The smallest absolute Gasteiger partial charge is 0.329 e. The number of ether oxygens (including phenoxy) is 1. The summed E-state index contributed by atoms with van der Waals surface area (Å²) in [6.07, 6.45) is 4.15. The lowest BCUT2D eigenvalue weighted by Gasteiger charge is -2.28. The zero-order valence-electron chi connectivity index (χ0n) is 29.7. The van der Waals surface area contributed by atoms with Gasteiger partial charge in [0.2, 0.25) is 29.5 Å². The van der Waals surface area contributed by atoms with Crippen LogP contribution in [0.3, 0.4) is 0 Å². The number of cyclic esters (lactones) is 1. The van der Waals surface area contributed by atoms with E-state index in [1.165, 1.54) is 6.92 Å². The molecule has 0 aliphatic carbocycles. The van der Waals surface area contributed by atoms with Crippen molar-refractivity contribution in [2.45, 2.75) is 130 Å². The lowest BCUT2D eigenvalue weighted by Crippen LogP contribution is -2.58. The molecular formula is C36H57N5O7. The molecule has 0 aromatic heterocycles. The Balaban J connectivity index is 2.46.